The molecule has 0 bridgehead atoms. The minimum Gasteiger partial charge on any atom is -0.478 e. The molecule has 25 heavy (non-hydrogen) atoms. The summed E-state index contributed by atoms with van der Waals surface area (Å²) >= 11 is 4.51. The van der Waals surface area contributed by atoms with Crippen LogP contribution in [-0.2, 0) is 9.53 Å². The zero-order valence-corrected chi connectivity index (χ0v) is 16.6. The highest BCUT2D eigenvalue weighted by atomic mass is 79.9. The summed E-state index contributed by atoms with van der Waals surface area (Å²) in [5.74, 6) is -0.762. The smallest absolute Gasteiger partial charge is 0.407 e. The van der Waals surface area contributed by atoms with Crippen LogP contribution in [0.3, 0.4) is 0 Å². The third-order valence-electron chi connectivity index (χ3n) is 2.63. The van der Waals surface area contributed by atoms with E-state index in [-0.39, 0.29) is 22.9 Å². The first kappa shape index (κ1) is 21.3. The highest BCUT2D eigenvalue weighted by Gasteiger charge is 2.16. The second-order valence-electron chi connectivity index (χ2n) is 6.02. The number of rotatable bonds is 7. The summed E-state index contributed by atoms with van der Waals surface area (Å²) in [4.78, 5) is 34.5. The standard InChI is InChI=1S/C16H21BrN2O5S/c1-16(2,3)24-15(23)18-6-7-25-9-13(20)19-12-5-4-10(17)8-11(12)14(21)22/h4-5,8H,6-7,9H2,1-3H3,(H,18,23)(H,19,20)(H,21,22). The number of ether oxygens (including phenoxy) is 1. The van der Waals surface area contributed by atoms with Gasteiger partial charge in [-0.05, 0) is 39.0 Å². The Bertz CT molecular complexity index is 646. The van der Waals surface area contributed by atoms with Crippen LogP contribution in [0.2, 0.25) is 0 Å². The average molecular weight is 433 g/mol. The number of nitrogens with one attached hydrogen (secondary N) is 2. The van der Waals surface area contributed by atoms with Crippen LogP contribution in [0, 0.1) is 0 Å². The van der Waals surface area contributed by atoms with Crippen molar-refractivity contribution in [3.63, 3.8) is 0 Å². The van der Waals surface area contributed by atoms with E-state index >= 15 is 0 Å². The van der Waals surface area contributed by atoms with Gasteiger partial charge in [0.2, 0.25) is 5.91 Å². The molecule has 3 N–H and O–H groups in total. The molecule has 0 aliphatic carbocycles. The fourth-order valence-corrected chi connectivity index (χ4v) is 2.70. The molecular formula is C16H21BrN2O5S. The SMILES string of the molecule is CC(C)(C)OC(=O)NCCSCC(=O)Nc1ccc(Br)cc1C(=O)O. The number of hydrogen-bond acceptors (Lipinski definition) is 5. The van der Waals surface area contributed by atoms with Crippen molar-refractivity contribution in [3.05, 3.63) is 28.2 Å². The lowest BCUT2D eigenvalue weighted by atomic mass is 10.2. The molecule has 7 nitrogen and oxygen atoms in total. The number of carboxylic acid groups (broad SMARTS) is 1. The number of carboxylic acids is 1. The Morgan fingerprint density at radius 3 is 2.56 bits per heavy atom. The van der Waals surface area contributed by atoms with Gasteiger partial charge in [0.05, 0.1) is 17.0 Å². The maximum atomic E-state index is 11.9. The number of carbonyl (C=O) groups excluding carboxylic acids is 2. The topological polar surface area (TPSA) is 105 Å². The zero-order chi connectivity index (χ0) is 19.0. The summed E-state index contributed by atoms with van der Waals surface area (Å²) in [6, 6.07) is 4.61. The van der Waals surface area contributed by atoms with Crippen molar-refractivity contribution in [2.75, 3.05) is 23.4 Å². The van der Waals surface area contributed by atoms with Crippen LogP contribution >= 0.6 is 27.7 Å². The lowest BCUT2D eigenvalue weighted by Gasteiger charge is -2.19. The summed E-state index contributed by atoms with van der Waals surface area (Å²) in [6.07, 6.45) is -0.501. The van der Waals surface area contributed by atoms with E-state index in [9.17, 15) is 14.4 Å². The van der Waals surface area contributed by atoms with Gasteiger partial charge in [-0.2, -0.15) is 11.8 Å². The summed E-state index contributed by atoms with van der Waals surface area (Å²) < 4.78 is 5.71. The second-order valence-corrected chi connectivity index (χ2v) is 8.05. The first-order valence-electron chi connectivity index (χ1n) is 7.46. The van der Waals surface area contributed by atoms with Gasteiger partial charge in [0, 0.05) is 16.8 Å². The Morgan fingerprint density at radius 1 is 1.28 bits per heavy atom. The van der Waals surface area contributed by atoms with E-state index in [1.54, 1.807) is 26.8 Å². The Balaban J connectivity index is 2.35. The van der Waals surface area contributed by atoms with Crippen LogP contribution in [0.15, 0.2) is 22.7 Å². The number of alkyl carbamates (subject to hydrolysis) is 1. The van der Waals surface area contributed by atoms with Crippen LogP contribution in [0.25, 0.3) is 0 Å². The summed E-state index contributed by atoms with van der Waals surface area (Å²) in [5, 5.41) is 14.3. The molecule has 0 aliphatic heterocycles. The fourth-order valence-electron chi connectivity index (χ4n) is 1.69. The van der Waals surface area contributed by atoms with Crippen molar-refractivity contribution in [1.29, 1.82) is 0 Å². The molecule has 2 amide bonds. The molecule has 138 valence electrons. The summed E-state index contributed by atoms with van der Waals surface area (Å²) in [5.41, 5.74) is -0.295. The summed E-state index contributed by atoms with van der Waals surface area (Å²) in [6.45, 7) is 5.70. The Hall–Kier alpha value is -1.74. The number of benzene rings is 1. The van der Waals surface area contributed by atoms with E-state index in [4.69, 9.17) is 9.84 Å². The van der Waals surface area contributed by atoms with Crippen molar-refractivity contribution >= 4 is 51.3 Å². The molecule has 9 heteroatoms. The highest BCUT2D eigenvalue weighted by molar-refractivity contribution is 9.10. The zero-order valence-electron chi connectivity index (χ0n) is 14.2. The molecule has 0 radical (unpaired) electrons. The van der Waals surface area contributed by atoms with Crippen molar-refractivity contribution in [2.45, 2.75) is 26.4 Å². The van der Waals surface area contributed by atoms with Gasteiger partial charge in [0.1, 0.15) is 5.60 Å². The molecule has 0 aliphatic rings. The molecule has 0 spiro atoms. The van der Waals surface area contributed by atoms with Crippen LogP contribution in [-0.4, -0.2) is 46.7 Å². The van der Waals surface area contributed by atoms with Gasteiger partial charge in [0.15, 0.2) is 0 Å². The molecule has 1 rings (SSSR count). The van der Waals surface area contributed by atoms with Crippen LogP contribution in [0.4, 0.5) is 10.5 Å². The molecule has 0 atom stereocenters. The number of amides is 2. The predicted molar refractivity (Wildman–Crippen MR) is 101 cm³/mol. The average Bonchev–Trinajstić information content (AvgIpc) is 2.46. The number of thioether (sulfide) groups is 1. The monoisotopic (exact) mass is 432 g/mol. The first-order valence-corrected chi connectivity index (χ1v) is 9.40. The molecule has 0 heterocycles. The number of halogens is 1. The van der Waals surface area contributed by atoms with Crippen molar-refractivity contribution in [3.8, 4) is 0 Å². The third kappa shape index (κ3) is 8.78. The third-order valence-corrected chi connectivity index (χ3v) is 4.09. The minimum atomic E-state index is -1.12. The van der Waals surface area contributed by atoms with E-state index < -0.39 is 17.7 Å². The van der Waals surface area contributed by atoms with Gasteiger partial charge in [0.25, 0.3) is 0 Å². The van der Waals surface area contributed by atoms with E-state index in [0.717, 1.165) is 0 Å². The molecule has 1 aromatic rings. The van der Waals surface area contributed by atoms with Crippen LogP contribution in [0.5, 0.6) is 0 Å². The van der Waals surface area contributed by atoms with Gasteiger partial charge in [-0.25, -0.2) is 9.59 Å². The lowest BCUT2D eigenvalue weighted by molar-refractivity contribution is -0.113. The quantitative estimate of drug-likeness (QED) is 0.570. The normalized spacial score (nSPS) is 10.9. The molecule has 0 unspecified atom stereocenters. The Labute approximate surface area is 159 Å². The van der Waals surface area contributed by atoms with Crippen molar-refractivity contribution < 1.29 is 24.2 Å². The van der Waals surface area contributed by atoms with Crippen molar-refractivity contribution in [1.82, 2.24) is 5.32 Å². The van der Waals surface area contributed by atoms with Gasteiger partial charge >= 0.3 is 12.1 Å². The molecule has 1 aromatic carbocycles. The largest absolute Gasteiger partial charge is 0.478 e. The van der Waals surface area contributed by atoms with E-state index in [1.807, 2.05) is 0 Å². The van der Waals surface area contributed by atoms with E-state index in [2.05, 4.69) is 26.6 Å². The number of carbonyl (C=O) groups is 3. The van der Waals surface area contributed by atoms with Crippen LogP contribution < -0.4 is 10.6 Å². The van der Waals surface area contributed by atoms with Gasteiger partial charge in [-0.1, -0.05) is 15.9 Å². The Kier molecular flexibility index (Phi) is 8.24. The molecule has 0 aromatic heterocycles. The van der Waals surface area contributed by atoms with E-state index in [0.29, 0.717) is 16.8 Å². The van der Waals surface area contributed by atoms with Gasteiger partial charge < -0.3 is 20.5 Å². The minimum absolute atomic E-state index is 0.0133. The first-order chi connectivity index (χ1) is 11.6. The Morgan fingerprint density at radius 2 is 1.96 bits per heavy atom. The maximum absolute atomic E-state index is 11.9. The maximum Gasteiger partial charge on any atom is 0.407 e. The van der Waals surface area contributed by atoms with Crippen LogP contribution in [0.1, 0.15) is 31.1 Å². The lowest BCUT2D eigenvalue weighted by Crippen LogP contribution is -2.33. The number of anilines is 1. The summed E-state index contributed by atoms with van der Waals surface area (Å²) in [7, 11) is 0. The number of hydrogen-bond donors (Lipinski definition) is 3. The second kappa shape index (κ2) is 9.67. The predicted octanol–water partition coefficient (Wildman–Crippen LogP) is 3.34. The molecular weight excluding hydrogens is 412 g/mol. The fraction of sp³-hybridized carbons (Fsp3) is 0.438. The molecule has 0 fully saturated rings. The van der Waals surface area contributed by atoms with Gasteiger partial charge in [-0.3, -0.25) is 4.79 Å². The number of aromatic carboxylic acids is 1. The van der Waals surface area contributed by atoms with E-state index in [1.165, 1.54) is 23.9 Å². The molecule has 0 saturated carbocycles. The highest BCUT2D eigenvalue weighted by Crippen LogP contribution is 2.21. The van der Waals surface area contributed by atoms with Crippen molar-refractivity contribution in [2.24, 2.45) is 0 Å². The molecule has 0 saturated heterocycles. The van der Waals surface area contributed by atoms with Gasteiger partial charge in [-0.15, -0.1) is 0 Å².